The molecule has 0 spiro atoms. The van der Waals surface area contributed by atoms with E-state index in [4.69, 9.17) is 5.84 Å². The fraction of sp³-hybridized carbons (Fsp3) is 0.286. The largest absolute Gasteiger partial charge is 0.334 e. The Hall–Kier alpha value is -2.07. The molecule has 4 amide bonds. The molecule has 0 bridgehead atoms. The topological polar surface area (TPSA) is 122 Å². The zero-order valence-electron chi connectivity index (χ0n) is 8.71. The summed E-state index contributed by atoms with van der Waals surface area (Å²) >= 11 is 1.09. The monoisotopic (exact) mass is 256 g/mol. The van der Waals surface area contributed by atoms with Crippen LogP contribution in [-0.2, 0) is 16.1 Å². The first-order valence-electron chi connectivity index (χ1n) is 4.47. The van der Waals surface area contributed by atoms with Crippen molar-refractivity contribution >= 4 is 34.3 Å². The molecule has 1 fully saturated rings. The third kappa shape index (κ3) is 1.83. The Bertz CT molecular complexity index is 500. The van der Waals surface area contributed by atoms with Gasteiger partial charge in [0.05, 0.1) is 6.54 Å². The Balaban J connectivity index is 2.16. The number of nitrogen functional groups attached to an aromatic ring is 1. The number of imide groups is 2. The van der Waals surface area contributed by atoms with Gasteiger partial charge in [0, 0.05) is 7.05 Å². The molecule has 0 aliphatic carbocycles. The Morgan fingerprint density at radius 2 is 2.00 bits per heavy atom. The normalized spacial score (nSPS) is 16.0. The van der Waals surface area contributed by atoms with Gasteiger partial charge in [-0.3, -0.25) is 19.9 Å². The number of hydrogen-bond acceptors (Lipinski definition) is 8. The van der Waals surface area contributed by atoms with Gasteiger partial charge in [-0.25, -0.2) is 15.5 Å². The third-order valence-electron chi connectivity index (χ3n) is 2.13. The van der Waals surface area contributed by atoms with Crippen LogP contribution in [0.1, 0.15) is 5.01 Å². The minimum atomic E-state index is -0.866. The van der Waals surface area contributed by atoms with E-state index in [0.29, 0.717) is 10.1 Å². The van der Waals surface area contributed by atoms with Crippen LogP contribution >= 0.6 is 11.3 Å². The number of nitrogens with two attached hydrogens (primary N) is 1. The van der Waals surface area contributed by atoms with Gasteiger partial charge in [-0.2, -0.15) is 0 Å². The predicted molar refractivity (Wildman–Crippen MR) is 56.4 cm³/mol. The number of urea groups is 1. The number of hydrazine groups is 1. The molecule has 1 aliphatic heterocycles. The molecule has 0 aromatic carbocycles. The molecule has 1 aliphatic rings. The molecule has 2 rings (SSSR count). The van der Waals surface area contributed by atoms with Crippen molar-refractivity contribution in [3.63, 3.8) is 0 Å². The second-order valence-corrected chi connectivity index (χ2v) is 4.25. The number of hydrogen-bond donors (Lipinski definition) is 2. The number of rotatable bonds is 3. The Kier molecular flexibility index (Phi) is 2.73. The molecule has 1 saturated heterocycles. The summed E-state index contributed by atoms with van der Waals surface area (Å²) in [4.78, 5) is 35.8. The first-order chi connectivity index (χ1) is 8.04. The number of nitrogens with zero attached hydrogens (tertiary/aromatic N) is 4. The zero-order valence-corrected chi connectivity index (χ0v) is 9.52. The zero-order chi connectivity index (χ0) is 12.6. The first kappa shape index (κ1) is 11.4. The molecule has 0 radical (unpaired) electrons. The minimum absolute atomic E-state index is 0.0902. The smallest absolute Gasteiger partial charge is 0.298 e. The number of carbonyl (C=O) groups is 3. The Morgan fingerprint density at radius 3 is 2.47 bits per heavy atom. The second-order valence-electron chi connectivity index (χ2n) is 3.18. The van der Waals surface area contributed by atoms with Crippen LogP contribution in [0.5, 0.6) is 0 Å². The number of anilines is 1. The van der Waals surface area contributed by atoms with Crippen molar-refractivity contribution in [3.05, 3.63) is 5.01 Å². The highest BCUT2D eigenvalue weighted by Gasteiger charge is 2.42. The quantitative estimate of drug-likeness (QED) is 0.299. The van der Waals surface area contributed by atoms with E-state index in [1.165, 1.54) is 7.05 Å². The van der Waals surface area contributed by atoms with Crippen molar-refractivity contribution in [3.8, 4) is 0 Å². The van der Waals surface area contributed by atoms with Crippen molar-refractivity contribution in [2.24, 2.45) is 5.84 Å². The van der Waals surface area contributed by atoms with Gasteiger partial charge >= 0.3 is 17.8 Å². The lowest BCUT2D eigenvalue weighted by atomic mass is 10.5. The summed E-state index contributed by atoms with van der Waals surface area (Å²) in [5.74, 6) is 3.40. The van der Waals surface area contributed by atoms with Gasteiger partial charge < -0.3 is 0 Å². The van der Waals surface area contributed by atoms with E-state index >= 15 is 0 Å². The molecule has 0 unspecified atom stereocenters. The van der Waals surface area contributed by atoms with Crippen LogP contribution in [0.3, 0.4) is 0 Å². The summed E-state index contributed by atoms with van der Waals surface area (Å²) < 4.78 is 0. The molecule has 0 atom stereocenters. The van der Waals surface area contributed by atoms with Crippen molar-refractivity contribution in [1.82, 2.24) is 20.0 Å². The number of aromatic nitrogens is 2. The second kappa shape index (κ2) is 4.07. The van der Waals surface area contributed by atoms with E-state index in [9.17, 15) is 14.4 Å². The lowest BCUT2D eigenvalue weighted by molar-refractivity contribution is -0.143. The molecule has 0 saturated carbocycles. The SMILES string of the molecule is CN1C(=O)C(=O)N(Cc2nnc(NN)s2)C1=O. The van der Waals surface area contributed by atoms with Gasteiger partial charge in [0.25, 0.3) is 0 Å². The Labute approximate surface area is 99.2 Å². The summed E-state index contributed by atoms with van der Waals surface area (Å²) in [6.07, 6.45) is 0. The van der Waals surface area contributed by atoms with Crippen LogP contribution in [0.4, 0.5) is 9.93 Å². The Morgan fingerprint density at radius 1 is 1.29 bits per heavy atom. The molecular weight excluding hydrogens is 248 g/mol. The van der Waals surface area contributed by atoms with Crippen molar-refractivity contribution in [2.45, 2.75) is 6.54 Å². The average Bonchev–Trinajstić information content (AvgIpc) is 2.85. The maximum absolute atomic E-state index is 11.5. The van der Waals surface area contributed by atoms with E-state index < -0.39 is 17.8 Å². The minimum Gasteiger partial charge on any atom is -0.298 e. The van der Waals surface area contributed by atoms with Crippen LogP contribution in [0, 0.1) is 0 Å². The molecular formula is C7H8N6O3S. The number of carbonyl (C=O) groups excluding carboxylic acids is 3. The van der Waals surface area contributed by atoms with Crippen molar-refractivity contribution in [1.29, 1.82) is 0 Å². The molecule has 10 heteroatoms. The maximum Gasteiger partial charge on any atom is 0.334 e. The van der Waals surface area contributed by atoms with Crippen molar-refractivity contribution < 1.29 is 14.4 Å². The molecule has 90 valence electrons. The van der Waals surface area contributed by atoms with Gasteiger partial charge in [-0.1, -0.05) is 11.3 Å². The van der Waals surface area contributed by atoms with Crippen LogP contribution in [0.25, 0.3) is 0 Å². The van der Waals surface area contributed by atoms with Crippen LogP contribution in [0.2, 0.25) is 0 Å². The van der Waals surface area contributed by atoms with Gasteiger partial charge in [-0.05, 0) is 0 Å². The average molecular weight is 256 g/mol. The lowest BCUT2D eigenvalue weighted by Crippen LogP contribution is -2.30. The van der Waals surface area contributed by atoms with Gasteiger partial charge in [-0.15, -0.1) is 10.2 Å². The first-order valence-corrected chi connectivity index (χ1v) is 5.28. The lowest BCUT2D eigenvalue weighted by Gasteiger charge is -2.09. The van der Waals surface area contributed by atoms with E-state index in [0.717, 1.165) is 21.1 Å². The third-order valence-corrected chi connectivity index (χ3v) is 2.97. The summed E-state index contributed by atoms with van der Waals surface area (Å²) in [6.45, 7) is -0.0902. The van der Waals surface area contributed by atoms with Crippen molar-refractivity contribution in [2.75, 3.05) is 12.5 Å². The van der Waals surface area contributed by atoms with Gasteiger partial charge in [0.1, 0.15) is 5.01 Å². The van der Waals surface area contributed by atoms with E-state index in [2.05, 4.69) is 15.6 Å². The maximum atomic E-state index is 11.5. The highest BCUT2D eigenvalue weighted by atomic mass is 32.1. The summed E-state index contributed by atoms with van der Waals surface area (Å²) in [7, 11) is 1.25. The molecule has 9 nitrogen and oxygen atoms in total. The fourth-order valence-corrected chi connectivity index (χ4v) is 1.90. The number of amides is 4. The van der Waals surface area contributed by atoms with E-state index in [1.54, 1.807) is 0 Å². The van der Waals surface area contributed by atoms with Gasteiger partial charge in [0.15, 0.2) is 0 Å². The van der Waals surface area contributed by atoms with E-state index in [-0.39, 0.29) is 6.54 Å². The molecule has 17 heavy (non-hydrogen) atoms. The van der Waals surface area contributed by atoms with Crippen LogP contribution < -0.4 is 11.3 Å². The van der Waals surface area contributed by atoms with Gasteiger partial charge in [0.2, 0.25) is 5.13 Å². The predicted octanol–water partition coefficient (Wildman–Crippen LogP) is -1.26. The highest BCUT2D eigenvalue weighted by Crippen LogP contribution is 2.19. The molecule has 3 N–H and O–H groups in total. The fourth-order valence-electron chi connectivity index (χ4n) is 1.26. The van der Waals surface area contributed by atoms with E-state index in [1.807, 2.05) is 0 Å². The molecule has 2 heterocycles. The molecule has 1 aromatic heterocycles. The number of likely N-dealkylation sites (N-methyl/N-ethyl adjacent to an activating group) is 1. The van der Waals surface area contributed by atoms with Crippen LogP contribution in [0.15, 0.2) is 0 Å². The summed E-state index contributed by atoms with van der Waals surface area (Å²) in [6, 6.07) is -0.669. The number of nitrogens with one attached hydrogen (secondary N) is 1. The summed E-state index contributed by atoms with van der Waals surface area (Å²) in [5, 5.41) is 8.13. The standard InChI is InChI=1S/C7H8N6O3S/c1-12-4(14)5(15)13(7(12)16)2-3-10-11-6(9-8)17-3/h2,8H2,1H3,(H,9,11). The summed E-state index contributed by atoms with van der Waals surface area (Å²) in [5.41, 5.74) is 2.29. The molecule has 1 aromatic rings. The highest BCUT2D eigenvalue weighted by molar-refractivity contribution is 7.15. The van der Waals surface area contributed by atoms with Crippen LogP contribution in [-0.4, -0.2) is 44.9 Å².